The molecular weight excluding hydrogens is 418 g/mol. The van der Waals surface area contributed by atoms with Gasteiger partial charge in [-0.05, 0) is 36.1 Å². The number of piperidine rings is 1. The van der Waals surface area contributed by atoms with Crippen molar-refractivity contribution in [2.75, 3.05) is 13.1 Å². The van der Waals surface area contributed by atoms with E-state index in [1.807, 2.05) is 42.5 Å². The van der Waals surface area contributed by atoms with E-state index in [2.05, 4.69) is 22.2 Å². The van der Waals surface area contributed by atoms with Gasteiger partial charge >= 0.3 is 0 Å². The number of benzene rings is 2. The molecule has 4 aromatic rings. The van der Waals surface area contributed by atoms with Gasteiger partial charge in [0.25, 0.3) is 5.56 Å². The molecule has 0 spiro atoms. The van der Waals surface area contributed by atoms with Crippen LogP contribution in [-0.2, 0) is 11.3 Å². The van der Waals surface area contributed by atoms with Gasteiger partial charge < -0.3 is 10.0 Å². The molecule has 33 heavy (non-hydrogen) atoms. The Labute approximate surface area is 190 Å². The number of carbonyl (C=O) groups is 1. The number of amides is 1. The zero-order valence-corrected chi connectivity index (χ0v) is 18.4. The van der Waals surface area contributed by atoms with E-state index < -0.39 is 5.60 Å². The minimum absolute atomic E-state index is 0.00141. The molecule has 3 heterocycles. The molecule has 0 saturated carbocycles. The molecule has 8 nitrogen and oxygen atoms in total. The van der Waals surface area contributed by atoms with Crippen LogP contribution in [0.3, 0.4) is 0 Å². The number of aromatic nitrogens is 4. The van der Waals surface area contributed by atoms with E-state index in [0.29, 0.717) is 37.0 Å². The lowest BCUT2D eigenvalue weighted by Gasteiger charge is -2.38. The Hall–Kier alpha value is -3.78. The van der Waals surface area contributed by atoms with Crippen LogP contribution in [-0.4, -0.2) is 53.9 Å². The highest BCUT2D eigenvalue weighted by Gasteiger charge is 2.34. The number of nitrogens with zero attached hydrogens (tertiary/aromatic N) is 5. The molecule has 5 rings (SSSR count). The van der Waals surface area contributed by atoms with Crippen molar-refractivity contribution < 1.29 is 9.90 Å². The Morgan fingerprint density at radius 2 is 1.70 bits per heavy atom. The predicted octanol–water partition coefficient (Wildman–Crippen LogP) is 2.62. The molecule has 2 aromatic carbocycles. The number of aliphatic hydroxyl groups is 1. The van der Waals surface area contributed by atoms with E-state index in [1.54, 1.807) is 9.58 Å². The second-order valence-electron chi connectivity index (χ2n) is 8.61. The Morgan fingerprint density at radius 3 is 2.36 bits per heavy atom. The SMILES string of the molecule is CC(=O)N1CCC(O)(Cn2cnc3c(cnn3-c3ccc(-c4ccccc4)cc3)c2=O)CC1. The molecule has 1 saturated heterocycles. The Bertz CT molecular complexity index is 1350. The van der Waals surface area contributed by atoms with Crippen LogP contribution in [0, 0.1) is 0 Å². The molecule has 0 bridgehead atoms. The molecule has 2 aromatic heterocycles. The van der Waals surface area contributed by atoms with E-state index >= 15 is 0 Å². The molecule has 0 unspecified atom stereocenters. The van der Waals surface area contributed by atoms with Gasteiger partial charge in [0.1, 0.15) is 11.7 Å². The van der Waals surface area contributed by atoms with Crippen molar-refractivity contribution in [2.24, 2.45) is 0 Å². The highest BCUT2D eigenvalue weighted by atomic mass is 16.3. The summed E-state index contributed by atoms with van der Waals surface area (Å²) in [6.07, 6.45) is 3.83. The smallest absolute Gasteiger partial charge is 0.264 e. The Morgan fingerprint density at radius 1 is 1.03 bits per heavy atom. The molecule has 0 atom stereocenters. The maximum atomic E-state index is 13.1. The minimum atomic E-state index is -1.05. The predicted molar refractivity (Wildman–Crippen MR) is 125 cm³/mol. The average molecular weight is 444 g/mol. The maximum Gasteiger partial charge on any atom is 0.264 e. The van der Waals surface area contributed by atoms with Gasteiger partial charge in [0.05, 0.1) is 24.0 Å². The summed E-state index contributed by atoms with van der Waals surface area (Å²) in [5.41, 5.74) is 2.22. The van der Waals surface area contributed by atoms with E-state index in [1.165, 1.54) is 24.0 Å². The van der Waals surface area contributed by atoms with E-state index in [4.69, 9.17) is 0 Å². The summed E-state index contributed by atoms with van der Waals surface area (Å²) in [4.78, 5) is 30.8. The van der Waals surface area contributed by atoms with Crippen LogP contribution < -0.4 is 5.56 Å². The third-order valence-electron chi connectivity index (χ3n) is 6.38. The van der Waals surface area contributed by atoms with Gasteiger partial charge in [-0.2, -0.15) is 5.10 Å². The van der Waals surface area contributed by atoms with E-state index in [-0.39, 0.29) is 18.0 Å². The third-order valence-corrected chi connectivity index (χ3v) is 6.38. The van der Waals surface area contributed by atoms with Crippen molar-refractivity contribution in [3.63, 3.8) is 0 Å². The number of hydrogen-bond acceptors (Lipinski definition) is 5. The van der Waals surface area contributed by atoms with Gasteiger partial charge in [-0.15, -0.1) is 0 Å². The van der Waals surface area contributed by atoms with Gasteiger partial charge in [-0.3, -0.25) is 14.2 Å². The number of carbonyl (C=O) groups excluding carboxylic acids is 1. The van der Waals surface area contributed by atoms with Crippen LogP contribution in [0.2, 0.25) is 0 Å². The first-order valence-corrected chi connectivity index (χ1v) is 11.0. The standard InChI is InChI=1S/C25H25N5O3/c1-18(31)28-13-11-25(33,12-14-28)16-29-17-26-23-22(24(29)32)15-27-30(23)21-9-7-20(8-10-21)19-5-3-2-4-6-19/h2-10,15,17,33H,11-14,16H2,1H3. The summed E-state index contributed by atoms with van der Waals surface area (Å²) < 4.78 is 3.09. The molecule has 168 valence electrons. The second kappa shape index (κ2) is 8.29. The van der Waals surface area contributed by atoms with Gasteiger partial charge in [0.2, 0.25) is 5.91 Å². The number of hydrogen-bond donors (Lipinski definition) is 1. The molecule has 1 fully saturated rings. The van der Waals surface area contributed by atoms with Crippen LogP contribution in [0.1, 0.15) is 19.8 Å². The van der Waals surface area contributed by atoms with Crippen molar-refractivity contribution in [1.82, 2.24) is 24.2 Å². The summed E-state index contributed by atoms with van der Waals surface area (Å²) in [7, 11) is 0. The summed E-state index contributed by atoms with van der Waals surface area (Å²) in [6.45, 7) is 2.62. The summed E-state index contributed by atoms with van der Waals surface area (Å²) in [5, 5.41) is 15.8. The topological polar surface area (TPSA) is 93.2 Å². The quantitative estimate of drug-likeness (QED) is 0.523. The molecular formula is C25H25N5O3. The Kier molecular flexibility index (Phi) is 5.30. The van der Waals surface area contributed by atoms with Crippen LogP contribution in [0.5, 0.6) is 0 Å². The summed E-state index contributed by atoms with van der Waals surface area (Å²) in [5.74, 6) is 0.00141. The van der Waals surface area contributed by atoms with Crippen molar-refractivity contribution in [3.8, 4) is 16.8 Å². The Balaban J connectivity index is 1.40. The highest BCUT2D eigenvalue weighted by molar-refractivity contribution is 5.75. The van der Waals surface area contributed by atoms with Crippen molar-refractivity contribution in [3.05, 3.63) is 77.5 Å². The van der Waals surface area contributed by atoms with Crippen molar-refractivity contribution in [1.29, 1.82) is 0 Å². The largest absolute Gasteiger partial charge is 0.388 e. The number of fused-ring (bicyclic) bond motifs is 1. The molecule has 0 radical (unpaired) electrons. The van der Waals surface area contributed by atoms with Crippen molar-refractivity contribution in [2.45, 2.75) is 31.9 Å². The van der Waals surface area contributed by atoms with Gasteiger partial charge in [0.15, 0.2) is 5.65 Å². The summed E-state index contributed by atoms with van der Waals surface area (Å²) in [6, 6.07) is 18.0. The van der Waals surface area contributed by atoms with Crippen LogP contribution in [0.25, 0.3) is 27.8 Å². The van der Waals surface area contributed by atoms with Gasteiger partial charge in [0, 0.05) is 20.0 Å². The first kappa shape index (κ1) is 21.1. The average Bonchev–Trinajstić information content (AvgIpc) is 3.27. The monoisotopic (exact) mass is 443 g/mol. The van der Waals surface area contributed by atoms with E-state index in [9.17, 15) is 14.7 Å². The van der Waals surface area contributed by atoms with Crippen molar-refractivity contribution >= 4 is 16.9 Å². The van der Waals surface area contributed by atoms with Crippen LogP contribution in [0.4, 0.5) is 0 Å². The fourth-order valence-corrected chi connectivity index (χ4v) is 4.39. The maximum absolute atomic E-state index is 13.1. The fourth-order valence-electron chi connectivity index (χ4n) is 4.39. The molecule has 8 heteroatoms. The summed E-state index contributed by atoms with van der Waals surface area (Å²) >= 11 is 0. The van der Waals surface area contributed by atoms with Gasteiger partial charge in [-0.25, -0.2) is 9.67 Å². The first-order chi connectivity index (χ1) is 15.9. The molecule has 0 aliphatic carbocycles. The lowest BCUT2D eigenvalue weighted by atomic mass is 9.91. The minimum Gasteiger partial charge on any atom is -0.388 e. The normalized spacial score (nSPS) is 15.6. The molecule has 1 N–H and O–H groups in total. The first-order valence-electron chi connectivity index (χ1n) is 11.0. The van der Waals surface area contributed by atoms with Gasteiger partial charge in [-0.1, -0.05) is 42.5 Å². The highest BCUT2D eigenvalue weighted by Crippen LogP contribution is 2.25. The lowest BCUT2D eigenvalue weighted by Crippen LogP contribution is -2.49. The van der Waals surface area contributed by atoms with Crippen LogP contribution >= 0.6 is 0 Å². The lowest BCUT2D eigenvalue weighted by molar-refractivity contribution is -0.133. The number of rotatable bonds is 4. The molecule has 1 amide bonds. The fraction of sp³-hybridized carbons (Fsp3) is 0.280. The zero-order valence-electron chi connectivity index (χ0n) is 18.4. The van der Waals surface area contributed by atoms with Crippen LogP contribution in [0.15, 0.2) is 71.9 Å². The zero-order chi connectivity index (χ0) is 23.0. The molecule has 1 aliphatic heterocycles. The second-order valence-corrected chi connectivity index (χ2v) is 8.61. The molecule has 1 aliphatic rings. The number of likely N-dealkylation sites (tertiary alicyclic amines) is 1. The van der Waals surface area contributed by atoms with E-state index in [0.717, 1.165) is 16.8 Å². The third kappa shape index (κ3) is 4.05.